The Morgan fingerprint density at radius 2 is 1.28 bits per heavy atom. The highest BCUT2D eigenvalue weighted by atomic mass is 19.4. The second-order valence-electron chi connectivity index (χ2n) is 16.1. The van der Waals surface area contributed by atoms with Gasteiger partial charge in [-0.15, -0.1) is 0 Å². The zero-order chi connectivity index (χ0) is 41.8. The van der Waals surface area contributed by atoms with Crippen LogP contribution >= 0.6 is 0 Å². The number of hydrogen-bond acceptors (Lipinski definition) is 8. The molecule has 314 valence electrons. The Bertz CT molecular complexity index is 1650. The van der Waals surface area contributed by atoms with Crippen molar-refractivity contribution in [1.82, 2.24) is 26.2 Å². The van der Waals surface area contributed by atoms with Gasteiger partial charge in [0.25, 0.3) is 0 Å². The van der Waals surface area contributed by atoms with Gasteiger partial charge < -0.3 is 30.7 Å². The minimum absolute atomic E-state index is 0.00405. The van der Waals surface area contributed by atoms with E-state index in [0.717, 1.165) is 17.7 Å². The molecule has 0 aromatic heterocycles. The molecular weight excluding hydrogens is 743 g/mol. The molecule has 4 N–H and O–H groups in total. The molecule has 0 radical (unpaired) electrons. The number of nitrogens with one attached hydrogen (secondary N) is 4. The van der Waals surface area contributed by atoms with Crippen LogP contribution < -0.4 is 21.3 Å². The molecule has 0 unspecified atom stereocenters. The Balaban J connectivity index is 1.57. The molecule has 0 bridgehead atoms. The van der Waals surface area contributed by atoms with E-state index in [1.54, 1.807) is 6.92 Å². The Hall–Kier alpha value is -4.34. The van der Waals surface area contributed by atoms with Gasteiger partial charge in [0, 0.05) is 19.5 Å². The molecule has 12 nitrogen and oxygen atoms in total. The summed E-state index contributed by atoms with van der Waals surface area (Å²) in [6, 6.07) is 9.35. The number of amides is 4. The summed E-state index contributed by atoms with van der Waals surface area (Å²) in [6.45, 7) is 11.8. The van der Waals surface area contributed by atoms with Crippen molar-refractivity contribution in [2.24, 2.45) is 11.8 Å². The topological polar surface area (TPSA) is 158 Å². The molecule has 2 aliphatic rings. The van der Waals surface area contributed by atoms with Crippen molar-refractivity contribution in [1.29, 1.82) is 0 Å². The molecule has 2 aromatic rings. The molecule has 2 saturated heterocycles. The van der Waals surface area contributed by atoms with Crippen molar-refractivity contribution in [3.8, 4) is 0 Å². The van der Waals surface area contributed by atoms with E-state index < -0.39 is 59.2 Å². The van der Waals surface area contributed by atoms with E-state index in [9.17, 15) is 37.1 Å². The first-order valence-corrected chi connectivity index (χ1v) is 19.8. The Morgan fingerprint density at radius 3 is 1.84 bits per heavy atom. The van der Waals surface area contributed by atoms with E-state index in [1.807, 2.05) is 62.9 Å². The molecule has 2 fully saturated rings. The van der Waals surface area contributed by atoms with Gasteiger partial charge in [-0.1, -0.05) is 70.2 Å². The van der Waals surface area contributed by atoms with E-state index in [2.05, 4.69) is 21.3 Å². The maximum Gasteiger partial charge on any atom is 0.416 e. The van der Waals surface area contributed by atoms with Crippen molar-refractivity contribution >= 4 is 29.4 Å². The van der Waals surface area contributed by atoms with Crippen molar-refractivity contribution in [3.63, 3.8) is 0 Å². The van der Waals surface area contributed by atoms with Crippen LogP contribution in [-0.4, -0.2) is 104 Å². The third-order valence-corrected chi connectivity index (χ3v) is 10.1. The Kier molecular flexibility index (Phi) is 16.6. The fraction of sp³-hybridized carbons (Fsp3) is 0.595. The predicted molar refractivity (Wildman–Crippen MR) is 208 cm³/mol. The normalized spacial score (nSPS) is 19.3. The van der Waals surface area contributed by atoms with E-state index in [0.29, 0.717) is 51.1 Å². The molecule has 0 spiro atoms. The van der Waals surface area contributed by atoms with Crippen LogP contribution in [0.3, 0.4) is 0 Å². The first-order chi connectivity index (χ1) is 26.9. The lowest BCUT2D eigenvalue weighted by molar-refractivity contribution is -0.137. The fourth-order valence-corrected chi connectivity index (χ4v) is 6.61. The number of morpholine rings is 1. The smallest absolute Gasteiger partial charge is 0.379 e. The quantitative estimate of drug-likeness (QED) is 0.138. The first-order valence-electron chi connectivity index (χ1n) is 19.8. The zero-order valence-corrected chi connectivity index (χ0v) is 33.6. The molecule has 4 amide bonds. The summed E-state index contributed by atoms with van der Waals surface area (Å²) in [4.78, 5) is 70.8. The van der Waals surface area contributed by atoms with Crippen LogP contribution in [0, 0.1) is 11.8 Å². The van der Waals surface area contributed by atoms with Crippen molar-refractivity contribution in [2.45, 2.75) is 109 Å². The summed E-state index contributed by atoms with van der Waals surface area (Å²) in [7, 11) is 0. The summed E-state index contributed by atoms with van der Waals surface area (Å²) in [5.74, 6) is -2.50. The molecule has 15 heteroatoms. The van der Waals surface area contributed by atoms with Crippen LogP contribution in [0.2, 0.25) is 0 Å². The SMILES string of the molecule is CC(C)CC[C@H](NC(=O)[C@H](CCc1ccccc1)NC(=O)CN1CCOCC1)C(=O)N[C@@H](Cc1ccc(C(F)(F)F)cc1)C(=O)N[C@@H](CC(C)C)C(=O)[C@@]1(C)CO1. The monoisotopic (exact) mass is 801 g/mol. The molecule has 5 atom stereocenters. The summed E-state index contributed by atoms with van der Waals surface area (Å²) < 4.78 is 50.9. The summed E-state index contributed by atoms with van der Waals surface area (Å²) >= 11 is 0. The van der Waals surface area contributed by atoms with Gasteiger partial charge in [-0.3, -0.25) is 28.9 Å². The number of halogens is 3. The second kappa shape index (κ2) is 20.9. The summed E-state index contributed by atoms with van der Waals surface area (Å²) in [6.07, 6.45) is -3.05. The molecule has 2 heterocycles. The Labute approximate surface area is 333 Å². The van der Waals surface area contributed by atoms with Gasteiger partial charge in [0.05, 0.1) is 38.0 Å². The lowest BCUT2D eigenvalue weighted by atomic mass is 9.93. The van der Waals surface area contributed by atoms with Crippen LogP contribution in [0.5, 0.6) is 0 Å². The average molecular weight is 802 g/mol. The number of carbonyl (C=O) groups excluding carboxylic acids is 5. The van der Waals surface area contributed by atoms with E-state index in [-0.39, 0.29) is 55.9 Å². The molecule has 2 aromatic carbocycles. The minimum atomic E-state index is -4.57. The van der Waals surface area contributed by atoms with Crippen LogP contribution in [-0.2, 0) is 52.5 Å². The summed E-state index contributed by atoms with van der Waals surface area (Å²) in [5.41, 5.74) is -0.619. The van der Waals surface area contributed by atoms with Crippen LogP contribution in [0.15, 0.2) is 54.6 Å². The van der Waals surface area contributed by atoms with Gasteiger partial charge in [-0.2, -0.15) is 13.2 Å². The van der Waals surface area contributed by atoms with Gasteiger partial charge in [0.2, 0.25) is 23.6 Å². The first kappa shape index (κ1) is 45.4. The van der Waals surface area contributed by atoms with Gasteiger partial charge in [0.1, 0.15) is 23.7 Å². The number of benzene rings is 2. The fourth-order valence-electron chi connectivity index (χ4n) is 6.61. The number of carbonyl (C=O) groups is 5. The maximum absolute atomic E-state index is 14.2. The standard InChI is InChI=1S/C42H58F3N5O7/c1-27(2)11-17-33(47-38(53)32(18-14-29-9-7-6-8-10-29)46-36(51)25-50-19-21-56-22-20-50)39(54)49-35(24-30-12-15-31(16-13-30)42(43,44)45)40(55)48-34(23-28(3)4)37(52)41(5)26-57-41/h6-10,12-13,15-16,27-28,32-35H,11,14,17-26H2,1-5H3,(H,46,51)(H,47,53)(H,48,55)(H,49,54)/t32-,33-,34-,35-,41+/m0/s1. The lowest BCUT2D eigenvalue weighted by Gasteiger charge is -2.28. The second-order valence-corrected chi connectivity index (χ2v) is 16.1. The number of ether oxygens (including phenoxy) is 2. The van der Waals surface area contributed by atoms with Gasteiger partial charge >= 0.3 is 6.18 Å². The van der Waals surface area contributed by atoms with Gasteiger partial charge in [-0.25, -0.2) is 0 Å². The molecular formula is C42H58F3N5O7. The number of nitrogens with zero attached hydrogens (tertiary/aromatic N) is 1. The lowest BCUT2D eigenvalue weighted by Crippen LogP contribution is -2.59. The van der Waals surface area contributed by atoms with E-state index in [1.165, 1.54) is 12.1 Å². The largest absolute Gasteiger partial charge is 0.416 e. The number of alkyl halides is 3. The highest BCUT2D eigenvalue weighted by Crippen LogP contribution is 2.30. The van der Waals surface area contributed by atoms with Crippen molar-refractivity contribution in [2.75, 3.05) is 39.5 Å². The number of ketones is 1. The predicted octanol–water partition coefficient (Wildman–Crippen LogP) is 3.99. The zero-order valence-electron chi connectivity index (χ0n) is 33.6. The van der Waals surface area contributed by atoms with Gasteiger partial charge in [0.15, 0.2) is 5.78 Å². The van der Waals surface area contributed by atoms with E-state index in [4.69, 9.17) is 9.47 Å². The number of aryl methyl sites for hydroxylation is 1. The average Bonchev–Trinajstić information content (AvgIpc) is 3.92. The number of Topliss-reactive ketones (excluding diaryl/α,β-unsaturated/α-hetero) is 1. The van der Waals surface area contributed by atoms with Crippen molar-refractivity contribution < 1.29 is 46.6 Å². The van der Waals surface area contributed by atoms with Crippen LogP contribution in [0.1, 0.15) is 77.0 Å². The highest BCUT2D eigenvalue weighted by molar-refractivity contribution is 5.98. The van der Waals surface area contributed by atoms with E-state index >= 15 is 0 Å². The highest BCUT2D eigenvalue weighted by Gasteiger charge is 2.50. The van der Waals surface area contributed by atoms with Crippen LogP contribution in [0.4, 0.5) is 13.2 Å². The molecule has 57 heavy (non-hydrogen) atoms. The number of hydrogen-bond donors (Lipinski definition) is 4. The maximum atomic E-state index is 14.2. The molecule has 0 saturated carbocycles. The number of rotatable bonds is 21. The third kappa shape index (κ3) is 14.8. The van der Waals surface area contributed by atoms with Gasteiger partial charge in [-0.05, 0) is 74.1 Å². The molecule has 2 aliphatic heterocycles. The van der Waals surface area contributed by atoms with Crippen LogP contribution in [0.25, 0.3) is 0 Å². The third-order valence-electron chi connectivity index (χ3n) is 10.1. The minimum Gasteiger partial charge on any atom is -0.379 e. The molecule has 4 rings (SSSR count). The van der Waals surface area contributed by atoms with Crippen molar-refractivity contribution in [3.05, 3.63) is 71.3 Å². The molecule has 0 aliphatic carbocycles. The number of epoxide rings is 1. The summed E-state index contributed by atoms with van der Waals surface area (Å²) in [5, 5.41) is 11.2. The Morgan fingerprint density at radius 1 is 0.719 bits per heavy atom.